The summed E-state index contributed by atoms with van der Waals surface area (Å²) >= 11 is 0. The van der Waals surface area contributed by atoms with Crippen molar-refractivity contribution in [2.24, 2.45) is 0 Å². The first-order valence-electron chi connectivity index (χ1n) is 14.2. The summed E-state index contributed by atoms with van der Waals surface area (Å²) in [6.45, 7) is 4.52. The third kappa shape index (κ3) is 5.49. The van der Waals surface area contributed by atoms with Crippen molar-refractivity contribution in [3.63, 3.8) is 0 Å². The highest BCUT2D eigenvalue weighted by molar-refractivity contribution is 5.95. The summed E-state index contributed by atoms with van der Waals surface area (Å²) in [6, 6.07) is 11.8. The SMILES string of the molecule is CC[C@@H]1c2nncn2-c2cnc(Nc3ccc(C(=O)NC4CCN(C)CC4)cc3OC)nc2N1Cc1ccc(F)cc1. The van der Waals surface area contributed by atoms with E-state index in [2.05, 4.69) is 49.6 Å². The number of halogens is 1. The lowest BCUT2D eigenvalue weighted by Gasteiger charge is -2.37. The predicted octanol–water partition coefficient (Wildman–Crippen LogP) is 4.24. The second kappa shape index (κ2) is 11.7. The van der Waals surface area contributed by atoms with Crippen molar-refractivity contribution in [3.05, 3.63) is 77.8 Å². The molecule has 2 aliphatic rings. The number of anilines is 3. The van der Waals surface area contributed by atoms with Crippen LogP contribution in [0.25, 0.3) is 5.69 Å². The number of hydrogen-bond donors (Lipinski definition) is 2. The van der Waals surface area contributed by atoms with Gasteiger partial charge in [0.2, 0.25) is 5.95 Å². The Bertz CT molecular complexity index is 1570. The molecule has 1 fully saturated rings. The molecule has 2 aliphatic heterocycles. The minimum Gasteiger partial charge on any atom is -0.495 e. The molecular weight excluding hydrogens is 537 g/mol. The molecule has 11 nitrogen and oxygen atoms in total. The average molecular weight is 572 g/mol. The number of fused-ring (bicyclic) bond motifs is 3. The Hall–Kier alpha value is -4.58. The van der Waals surface area contributed by atoms with Gasteiger partial charge in [0.1, 0.15) is 23.6 Å². The van der Waals surface area contributed by atoms with Gasteiger partial charge in [-0.1, -0.05) is 19.1 Å². The smallest absolute Gasteiger partial charge is 0.251 e. The first-order valence-corrected chi connectivity index (χ1v) is 14.2. The first-order chi connectivity index (χ1) is 20.4. The van der Waals surface area contributed by atoms with E-state index in [0.717, 1.165) is 49.4 Å². The second-order valence-electron chi connectivity index (χ2n) is 10.7. The number of amides is 1. The molecule has 4 heterocycles. The van der Waals surface area contributed by atoms with E-state index >= 15 is 0 Å². The Morgan fingerprint density at radius 3 is 2.67 bits per heavy atom. The van der Waals surface area contributed by atoms with Crippen molar-refractivity contribution >= 4 is 23.4 Å². The Balaban J connectivity index is 1.27. The van der Waals surface area contributed by atoms with Gasteiger partial charge in [0, 0.05) is 18.2 Å². The fourth-order valence-corrected chi connectivity index (χ4v) is 5.60. The van der Waals surface area contributed by atoms with E-state index in [-0.39, 0.29) is 23.8 Å². The van der Waals surface area contributed by atoms with Gasteiger partial charge in [-0.25, -0.2) is 9.37 Å². The number of ether oxygens (including phenoxy) is 1. The third-order valence-electron chi connectivity index (χ3n) is 7.95. The van der Waals surface area contributed by atoms with Crippen LogP contribution in [0.4, 0.5) is 21.8 Å². The summed E-state index contributed by atoms with van der Waals surface area (Å²) in [6.07, 6.45) is 6.03. The molecule has 0 saturated carbocycles. The summed E-state index contributed by atoms with van der Waals surface area (Å²) in [5.41, 5.74) is 2.85. The number of carbonyl (C=O) groups is 1. The van der Waals surface area contributed by atoms with Crippen LogP contribution in [0, 0.1) is 5.82 Å². The number of nitrogens with zero attached hydrogens (tertiary/aromatic N) is 7. The van der Waals surface area contributed by atoms with E-state index in [9.17, 15) is 9.18 Å². The van der Waals surface area contributed by atoms with Crippen LogP contribution in [0.5, 0.6) is 5.75 Å². The monoisotopic (exact) mass is 571 g/mol. The summed E-state index contributed by atoms with van der Waals surface area (Å²) in [5, 5.41) is 14.9. The zero-order valence-electron chi connectivity index (χ0n) is 23.9. The van der Waals surface area contributed by atoms with E-state index in [1.165, 1.54) is 12.1 Å². The lowest BCUT2D eigenvalue weighted by molar-refractivity contribution is 0.0916. The lowest BCUT2D eigenvalue weighted by atomic mass is 10.0. The van der Waals surface area contributed by atoms with Crippen LogP contribution < -0.4 is 20.3 Å². The van der Waals surface area contributed by atoms with Crippen LogP contribution in [0.1, 0.15) is 54.0 Å². The topological polar surface area (TPSA) is 113 Å². The molecule has 1 saturated heterocycles. The van der Waals surface area contributed by atoms with E-state index in [1.807, 2.05) is 4.57 Å². The van der Waals surface area contributed by atoms with Crippen molar-refractivity contribution < 1.29 is 13.9 Å². The number of piperidine rings is 1. The van der Waals surface area contributed by atoms with Gasteiger partial charge < -0.3 is 25.2 Å². The van der Waals surface area contributed by atoms with E-state index in [1.54, 1.807) is 50.0 Å². The van der Waals surface area contributed by atoms with Gasteiger partial charge in [-0.2, -0.15) is 4.98 Å². The van der Waals surface area contributed by atoms with Gasteiger partial charge in [0.15, 0.2) is 11.6 Å². The number of methoxy groups -OCH3 is 1. The maximum atomic E-state index is 13.6. The van der Waals surface area contributed by atoms with Crippen molar-refractivity contribution in [2.75, 3.05) is 37.5 Å². The summed E-state index contributed by atoms with van der Waals surface area (Å²) in [7, 11) is 3.66. The van der Waals surface area contributed by atoms with Gasteiger partial charge in [-0.15, -0.1) is 10.2 Å². The lowest BCUT2D eigenvalue weighted by Crippen LogP contribution is -2.43. The molecule has 42 heavy (non-hydrogen) atoms. The molecule has 0 bridgehead atoms. The number of nitrogens with one attached hydrogen (secondary N) is 2. The number of benzene rings is 2. The molecule has 2 N–H and O–H groups in total. The van der Waals surface area contributed by atoms with E-state index in [4.69, 9.17) is 9.72 Å². The molecule has 1 amide bonds. The van der Waals surface area contributed by atoms with Gasteiger partial charge in [0.05, 0.1) is 25.0 Å². The van der Waals surface area contributed by atoms with Crippen LogP contribution >= 0.6 is 0 Å². The minimum absolute atomic E-state index is 0.0929. The second-order valence-corrected chi connectivity index (χ2v) is 10.7. The Morgan fingerprint density at radius 2 is 1.93 bits per heavy atom. The summed E-state index contributed by atoms with van der Waals surface area (Å²) in [4.78, 5) is 26.9. The zero-order chi connectivity index (χ0) is 29.2. The molecule has 0 spiro atoms. The van der Waals surface area contributed by atoms with Crippen LogP contribution in [0.15, 0.2) is 55.0 Å². The Kier molecular flexibility index (Phi) is 7.70. The van der Waals surface area contributed by atoms with Gasteiger partial charge >= 0.3 is 0 Å². The Morgan fingerprint density at radius 1 is 1.14 bits per heavy atom. The molecule has 2 aromatic heterocycles. The van der Waals surface area contributed by atoms with Crippen molar-refractivity contribution in [1.82, 2.24) is 34.9 Å². The molecule has 12 heteroatoms. The van der Waals surface area contributed by atoms with Crippen LogP contribution in [0.2, 0.25) is 0 Å². The number of likely N-dealkylation sites (tertiary alicyclic amines) is 1. The van der Waals surface area contributed by atoms with Crippen molar-refractivity contribution in [3.8, 4) is 11.4 Å². The molecule has 1 atom stereocenters. The predicted molar refractivity (Wildman–Crippen MR) is 157 cm³/mol. The zero-order valence-corrected chi connectivity index (χ0v) is 23.9. The highest BCUT2D eigenvalue weighted by Gasteiger charge is 2.34. The van der Waals surface area contributed by atoms with Crippen LogP contribution in [-0.2, 0) is 6.54 Å². The molecule has 2 aromatic carbocycles. The number of rotatable bonds is 8. The van der Waals surface area contributed by atoms with Crippen molar-refractivity contribution in [2.45, 2.75) is 44.8 Å². The summed E-state index contributed by atoms with van der Waals surface area (Å²) in [5.74, 6) is 1.97. The highest BCUT2D eigenvalue weighted by Crippen LogP contribution is 2.39. The molecule has 0 unspecified atom stereocenters. The van der Waals surface area contributed by atoms with Gasteiger partial charge in [0.25, 0.3) is 5.91 Å². The maximum Gasteiger partial charge on any atom is 0.251 e. The normalized spacial score (nSPS) is 17.0. The Labute approximate surface area is 243 Å². The quantitative estimate of drug-likeness (QED) is 0.321. The number of carbonyl (C=O) groups excluding carboxylic acids is 1. The number of hydrogen-bond acceptors (Lipinski definition) is 9. The standard InChI is InChI=1S/C30H34FN9O2/c1-4-24-28-37-33-18-40(28)25-16-32-30(36-27(25)39(24)17-19-5-8-21(31)9-6-19)35-23-10-7-20(15-26(23)42-3)29(41)34-22-11-13-38(2)14-12-22/h5-10,15-16,18,22,24H,4,11-14,17H2,1-3H3,(H,34,41)(H,32,35,36)/t24-/m1/s1. The first kappa shape index (κ1) is 27.6. The third-order valence-corrected chi connectivity index (χ3v) is 7.95. The fourth-order valence-electron chi connectivity index (χ4n) is 5.60. The molecular formula is C30H34FN9O2. The largest absolute Gasteiger partial charge is 0.495 e. The molecule has 4 aromatic rings. The van der Waals surface area contributed by atoms with Crippen LogP contribution in [0.3, 0.4) is 0 Å². The molecule has 6 rings (SSSR count). The minimum atomic E-state index is -0.280. The molecule has 218 valence electrons. The van der Waals surface area contributed by atoms with Gasteiger partial charge in [-0.05, 0) is 75.3 Å². The highest BCUT2D eigenvalue weighted by atomic mass is 19.1. The fraction of sp³-hybridized carbons (Fsp3) is 0.367. The maximum absolute atomic E-state index is 13.6. The average Bonchev–Trinajstić information content (AvgIpc) is 3.49. The van der Waals surface area contributed by atoms with E-state index in [0.29, 0.717) is 35.3 Å². The van der Waals surface area contributed by atoms with Gasteiger partial charge in [-0.3, -0.25) is 9.36 Å². The molecule has 0 aliphatic carbocycles. The summed E-state index contributed by atoms with van der Waals surface area (Å²) < 4.78 is 21.2. The number of aromatic nitrogens is 5. The van der Waals surface area contributed by atoms with E-state index < -0.39 is 0 Å². The molecule has 0 radical (unpaired) electrons. The van der Waals surface area contributed by atoms with Crippen LogP contribution in [-0.4, -0.2) is 68.8 Å². The van der Waals surface area contributed by atoms with Crippen molar-refractivity contribution in [1.29, 1.82) is 0 Å².